The van der Waals surface area contributed by atoms with Crippen molar-refractivity contribution in [3.8, 4) is 11.5 Å². The predicted molar refractivity (Wildman–Crippen MR) is 81.3 cm³/mol. The van der Waals surface area contributed by atoms with Gasteiger partial charge in [0.1, 0.15) is 11.5 Å². The molecule has 0 saturated carbocycles. The van der Waals surface area contributed by atoms with Crippen LogP contribution in [0.15, 0.2) is 18.2 Å². The third-order valence-electron chi connectivity index (χ3n) is 3.02. The average molecular weight is 281 g/mol. The molecular weight excluding hydrogens is 254 g/mol. The van der Waals surface area contributed by atoms with E-state index in [9.17, 15) is 0 Å². The van der Waals surface area contributed by atoms with Crippen molar-refractivity contribution in [3.63, 3.8) is 0 Å². The Morgan fingerprint density at radius 1 is 1.15 bits per heavy atom. The van der Waals surface area contributed by atoms with Gasteiger partial charge in [-0.2, -0.15) is 0 Å². The lowest BCUT2D eigenvalue weighted by Gasteiger charge is -2.16. The Morgan fingerprint density at radius 2 is 1.95 bits per heavy atom. The SMILES string of the molecule is CCCOc1ccc(CC(N)CC)c(OCOCC)c1. The number of hydrogen-bond acceptors (Lipinski definition) is 4. The summed E-state index contributed by atoms with van der Waals surface area (Å²) in [5.74, 6) is 1.63. The molecule has 1 aromatic carbocycles. The van der Waals surface area contributed by atoms with Gasteiger partial charge in [0.25, 0.3) is 0 Å². The third kappa shape index (κ3) is 5.80. The van der Waals surface area contributed by atoms with Gasteiger partial charge in [-0.1, -0.05) is 19.9 Å². The molecule has 0 fully saturated rings. The maximum absolute atomic E-state index is 6.03. The molecule has 0 saturated heterocycles. The molecule has 1 aromatic rings. The summed E-state index contributed by atoms with van der Waals surface area (Å²) < 4.78 is 16.6. The van der Waals surface area contributed by atoms with Crippen LogP contribution in [0, 0.1) is 0 Å². The van der Waals surface area contributed by atoms with Gasteiger partial charge in [0.15, 0.2) is 6.79 Å². The first kappa shape index (κ1) is 16.8. The van der Waals surface area contributed by atoms with Crippen LogP contribution in [0.5, 0.6) is 11.5 Å². The van der Waals surface area contributed by atoms with Crippen LogP contribution in [-0.4, -0.2) is 26.0 Å². The summed E-state index contributed by atoms with van der Waals surface area (Å²) in [6.45, 7) is 7.71. The zero-order chi connectivity index (χ0) is 14.8. The van der Waals surface area contributed by atoms with E-state index in [0.717, 1.165) is 36.3 Å². The number of nitrogens with two attached hydrogens (primary N) is 1. The third-order valence-corrected chi connectivity index (χ3v) is 3.02. The first-order chi connectivity index (χ1) is 9.71. The van der Waals surface area contributed by atoms with Crippen LogP contribution in [0.1, 0.15) is 39.2 Å². The maximum atomic E-state index is 6.03. The van der Waals surface area contributed by atoms with E-state index in [0.29, 0.717) is 13.2 Å². The summed E-state index contributed by atoms with van der Waals surface area (Å²) in [5, 5.41) is 0. The Morgan fingerprint density at radius 3 is 2.60 bits per heavy atom. The van der Waals surface area contributed by atoms with Crippen molar-refractivity contribution in [1.29, 1.82) is 0 Å². The molecule has 0 radical (unpaired) electrons. The highest BCUT2D eigenvalue weighted by Gasteiger charge is 2.10. The molecule has 0 aromatic heterocycles. The standard InChI is InChI=1S/C16H27NO3/c1-4-9-19-15-8-7-13(10-14(17)5-2)16(11-15)20-12-18-6-3/h7-8,11,14H,4-6,9-10,12,17H2,1-3H3. The van der Waals surface area contributed by atoms with E-state index in [1.54, 1.807) is 0 Å². The first-order valence-corrected chi connectivity index (χ1v) is 7.43. The van der Waals surface area contributed by atoms with E-state index >= 15 is 0 Å². The Balaban J connectivity index is 2.78. The molecule has 1 rings (SSSR count). The fraction of sp³-hybridized carbons (Fsp3) is 0.625. The Bertz CT molecular complexity index is 382. The number of rotatable bonds is 10. The molecule has 0 aliphatic rings. The molecule has 114 valence electrons. The normalized spacial score (nSPS) is 12.2. The lowest BCUT2D eigenvalue weighted by molar-refractivity contribution is 0.0216. The van der Waals surface area contributed by atoms with Gasteiger partial charge < -0.3 is 19.9 Å². The van der Waals surface area contributed by atoms with Gasteiger partial charge in [-0.25, -0.2) is 0 Å². The molecule has 20 heavy (non-hydrogen) atoms. The van der Waals surface area contributed by atoms with Gasteiger partial charge >= 0.3 is 0 Å². The zero-order valence-electron chi connectivity index (χ0n) is 12.9. The first-order valence-electron chi connectivity index (χ1n) is 7.43. The number of ether oxygens (including phenoxy) is 3. The fourth-order valence-electron chi connectivity index (χ4n) is 1.76. The molecule has 0 aliphatic heterocycles. The highest BCUT2D eigenvalue weighted by molar-refractivity contribution is 5.41. The van der Waals surface area contributed by atoms with E-state index < -0.39 is 0 Å². The highest BCUT2D eigenvalue weighted by atomic mass is 16.7. The minimum atomic E-state index is 0.145. The van der Waals surface area contributed by atoms with Gasteiger partial charge in [0.05, 0.1) is 6.61 Å². The fourth-order valence-corrected chi connectivity index (χ4v) is 1.76. The average Bonchev–Trinajstić information content (AvgIpc) is 2.47. The Hall–Kier alpha value is -1.26. The van der Waals surface area contributed by atoms with Gasteiger partial charge in [-0.3, -0.25) is 0 Å². The summed E-state index contributed by atoms with van der Waals surface area (Å²) in [4.78, 5) is 0. The van der Waals surface area contributed by atoms with Crippen LogP contribution in [0.2, 0.25) is 0 Å². The summed E-state index contributed by atoms with van der Waals surface area (Å²) >= 11 is 0. The molecule has 0 aliphatic carbocycles. The molecule has 2 N–H and O–H groups in total. The van der Waals surface area contributed by atoms with Crippen LogP contribution in [0.3, 0.4) is 0 Å². The van der Waals surface area contributed by atoms with Crippen molar-refractivity contribution < 1.29 is 14.2 Å². The topological polar surface area (TPSA) is 53.7 Å². The van der Waals surface area contributed by atoms with Gasteiger partial charge in [0.2, 0.25) is 0 Å². The summed E-state index contributed by atoms with van der Waals surface area (Å²) in [6, 6.07) is 6.07. The second-order valence-corrected chi connectivity index (χ2v) is 4.75. The molecule has 0 heterocycles. The minimum Gasteiger partial charge on any atom is -0.493 e. The molecule has 0 amide bonds. The maximum Gasteiger partial charge on any atom is 0.189 e. The molecule has 1 unspecified atom stereocenters. The van der Waals surface area contributed by atoms with Crippen LogP contribution in [-0.2, 0) is 11.2 Å². The van der Waals surface area contributed by atoms with E-state index in [4.69, 9.17) is 19.9 Å². The van der Waals surface area contributed by atoms with Crippen LogP contribution < -0.4 is 15.2 Å². The number of benzene rings is 1. The lowest BCUT2D eigenvalue weighted by Crippen LogP contribution is -2.22. The van der Waals surface area contributed by atoms with Crippen LogP contribution >= 0.6 is 0 Å². The van der Waals surface area contributed by atoms with E-state index in [2.05, 4.69) is 13.8 Å². The minimum absolute atomic E-state index is 0.145. The van der Waals surface area contributed by atoms with Crippen molar-refractivity contribution in [2.24, 2.45) is 5.73 Å². The van der Waals surface area contributed by atoms with Crippen LogP contribution in [0.25, 0.3) is 0 Å². The van der Waals surface area contributed by atoms with Crippen molar-refractivity contribution in [2.75, 3.05) is 20.0 Å². The van der Waals surface area contributed by atoms with Crippen molar-refractivity contribution >= 4 is 0 Å². The molecule has 4 nitrogen and oxygen atoms in total. The van der Waals surface area contributed by atoms with E-state index in [-0.39, 0.29) is 12.8 Å². The summed E-state index contributed by atoms with van der Waals surface area (Å²) in [5.41, 5.74) is 7.13. The Labute approximate surface area is 122 Å². The molecule has 4 heteroatoms. The molecule has 0 spiro atoms. The van der Waals surface area contributed by atoms with E-state index in [1.807, 2.05) is 25.1 Å². The molecule has 1 atom stereocenters. The predicted octanol–water partition coefficient (Wildman–Crippen LogP) is 3.13. The van der Waals surface area contributed by atoms with Gasteiger partial charge in [-0.05, 0) is 37.8 Å². The quantitative estimate of drug-likeness (QED) is 0.529. The highest BCUT2D eigenvalue weighted by Crippen LogP contribution is 2.26. The van der Waals surface area contributed by atoms with E-state index in [1.165, 1.54) is 0 Å². The second-order valence-electron chi connectivity index (χ2n) is 4.75. The smallest absolute Gasteiger partial charge is 0.189 e. The monoisotopic (exact) mass is 281 g/mol. The number of hydrogen-bond donors (Lipinski definition) is 1. The summed E-state index contributed by atoms with van der Waals surface area (Å²) in [7, 11) is 0. The lowest BCUT2D eigenvalue weighted by atomic mass is 10.0. The second kappa shape index (κ2) is 9.61. The Kier molecular flexibility index (Phi) is 8.07. The van der Waals surface area contributed by atoms with Gasteiger partial charge in [-0.15, -0.1) is 0 Å². The molecular formula is C16H27NO3. The van der Waals surface area contributed by atoms with Crippen molar-refractivity contribution in [3.05, 3.63) is 23.8 Å². The zero-order valence-corrected chi connectivity index (χ0v) is 12.9. The van der Waals surface area contributed by atoms with Gasteiger partial charge in [0, 0.05) is 18.7 Å². The van der Waals surface area contributed by atoms with Crippen LogP contribution in [0.4, 0.5) is 0 Å². The molecule has 0 bridgehead atoms. The largest absolute Gasteiger partial charge is 0.493 e. The van der Waals surface area contributed by atoms with Crippen molar-refractivity contribution in [2.45, 2.75) is 46.1 Å². The summed E-state index contributed by atoms with van der Waals surface area (Å²) in [6.07, 6.45) is 2.72. The van der Waals surface area contributed by atoms with Crippen molar-refractivity contribution in [1.82, 2.24) is 0 Å².